The van der Waals surface area contributed by atoms with Crippen molar-refractivity contribution in [3.8, 4) is 34.1 Å². The van der Waals surface area contributed by atoms with Gasteiger partial charge in [0, 0.05) is 74.4 Å². The SMILES string of the molecule is Cc1c(COc2cc(OCc3cnc4cnccn34)c(CNC(CCO)C(=O)O)cc2Cl)cccc1-c1cccc(COc2cc(OCc3cnc4cnccn34)c(CNC(CCO)C(=O)O)cc2Cl)c1C. The molecular weight excluding hydrogens is 968 g/mol. The Bertz CT molecular complexity index is 2990. The maximum absolute atomic E-state index is 11.9. The third-order valence-corrected chi connectivity index (χ3v) is 12.8. The fourth-order valence-corrected chi connectivity index (χ4v) is 8.63. The molecule has 0 saturated carbocycles. The summed E-state index contributed by atoms with van der Waals surface area (Å²) in [7, 11) is 0. The lowest BCUT2D eigenvalue weighted by atomic mass is 9.92. The number of carboxylic acid groups (broad SMARTS) is 2. The van der Waals surface area contributed by atoms with Crippen LogP contribution in [0.1, 0.15) is 57.6 Å². The number of halogens is 2. The van der Waals surface area contributed by atoms with Crippen LogP contribution < -0.4 is 29.6 Å². The van der Waals surface area contributed by atoms with Crippen molar-refractivity contribution in [3.63, 3.8) is 0 Å². The Morgan fingerprint density at radius 1 is 0.583 bits per heavy atom. The number of carboxylic acids is 2. The second kappa shape index (κ2) is 23.7. The van der Waals surface area contributed by atoms with E-state index in [9.17, 15) is 30.0 Å². The van der Waals surface area contributed by atoms with E-state index in [1.54, 1.807) is 73.8 Å². The van der Waals surface area contributed by atoms with Gasteiger partial charge in [0.15, 0.2) is 11.3 Å². The van der Waals surface area contributed by atoms with Gasteiger partial charge in [-0.3, -0.25) is 28.4 Å². The van der Waals surface area contributed by atoms with E-state index in [2.05, 4.69) is 30.6 Å². The van der Waals surface area contributed by atoms with Gasteiger partial charge in [0.1, 0.15) is 61.5 Å². The summed E-state index contributed by atoms with van der Waals surface area (Å²) < 4.78 is 29.2. The average molecular weight is 1020 g/mol. The molecule has 72 heavy (non-hydrogen) atoms. The van der Waals surface area contributed by atoms with Crippen LogP contribution in [-0.2, 0) is 49.1 Å². The molecule has 0 aliphatic carbocycles. The Labute approximate surface area is 423 Å². The maximum Gasteiger partial charge on any atom is 0.320 e. The van der Waals surface area contributed by atoms with Crippen LogP contribution in [0.25, 0.3) is 22.4 Å². The van der Waals surface area contributed by atoms with E-state index in [0.29, 0.717) is 55.5 Å². The third kappa shape index (κ3) is 12.0. The molecule has 4 aromatic carbocycles. The second-order valence-electron chi connectivity index (χ2n) is 16.8. The first kappa shape index (κ1) is 51.0. The molecule has 20 heteroatoms. The van der Waals surface area contributed by atoms with Crippen LogP contribution in [0.4, 0.5) is 0 Å². The fourth-order valence-electron chi connectivity index (χ4n) is 8.15. The summed E-state index contributed by atoms with van der Waals surface area (Å²) in [6, 6.07) is 16.8. The Kier molecular flexibility index (Phi) is 16.8. The molecule has 4 heterocycles. The van der Waals surface area contributed by atoms with Gasteiger partial charge in [-0.2, -0.15) is 0 Å². The molecule has 4 aromatic heterocycles. The van der Waals surface area contributed by atoms with Crippen molar-refractivity contribution in [2.75, 3.05) is 13.2 Å². The van der Waals surface area contributed by atoms with Crippen LogP contribution in [0.3, 0.4) is 0 Å². The van der Waals surface area contributed by atoms with Gasteiger partial charge in [-0.15, -0.1) is 0 Å². The summed E-state index contributed by atoms with van der Waals surface area (Å²) in [6.45, 7) is 4.22. The Hall–Kier alpha value is -7.32. The molecular formula is C52H52Cl2N8O10. The highest BCUT2D eigenvalue weighted by Gasteiger charge is 2.22. The summed E-state index contributed by atoms with van der Waals surface area (Å²) in [5.41, 5.74) is 9.77. The molecule has 18 nitrogen and oxygen atoms in total. The number of aliphatic carboxylic acids is 2. The number of aliphatic hydroxyl groups excluding tert-OH is 2. The molecule has 2 atom stereocenters. The highest BCUT2D eigenvalue weighted by molar-refractivity contribution is 6.32. The van der Waals surface area contributed by atoms with Crippen LogP contribution in [-0.4, -0.2) is 86.4 Å². The van der Waals surface area contributed by atoms with Crippen molar-refractivity contribution in [3.05, 3.63) is 165 Å². The Balaban J connectivity index is 0.996. The minimum absolute atomic E-state index is 0.0182. The molecule has 2 unspecified atom stereocenters. The predicted octanol–water partition coefficient (Wildman–Crippen LogP) is 7.53. The van der Waals surface area contributed by atoms with Crippen LogP contribution in [0.2, 0.25) is 10.0 Å². The zero-order valence-electron chi connectivity index (χ0n) is 39.3. The first-order valence-corrected chi connectivity index (χ1v) is 23.7. The van der Waals surface area contributed by atoms with E-state index < -0.39 is 24.0 Å². The summed E-state index contributed by atoms with van der Waals surface area (Å²) in [6.07, 6.45) is 13.6. The highest BCUT2D eigenvalue weighted by Crippen LogP contribution is 2.37. The van der Waals surface area contributed by atoms with Gasteiger partial charge in [-0.25, -0.2) is 9.97 Å². The third-order valence-electron chi connectivity index (χ3n) is 12.2. The van der Waals surface area contributed by atoms with E-state index >= 15 is 0 Å². The molecule has 374 valence electrons. The van der Waals surface area contributed by atoms with E-state index in [-0.39, 0.29) is 65.6 Å². The van der Waals surface area contributed by atoms with E-state index in [4.69, 9.17) is 42.1 Å². The number of nitrogens with one attached hydrogen (secondary N) is 2. The fraction of sp³-hybridized carbons (Fsp3) is 0.269. The maximum atomic E-state index is 11.9. The monoisotopic (exact) mass is 1020 g/mol. The number of nitrogens with zero attached hydrogens (tertiary/aromatic N) is 6. The van der Waals surface area contributed by atoms with Crippen molar-refractivity contribution in [2.24, 2.45) is 0 Å². The van der Waals surface area contributed by atoms with Crippen molar-refractivity contribution < 1.29 is 49.0 Å². The van der Waals surface area contributed by atoms with Gasteiger partial charge in [-0.1, -0.05) is 59.6 Å². The number of hydrogen-bond donors (Lipinski definition) is 6. The molecule has 0 fully saturated rings. The number of benzene rings is 4. The lowest BCUT2D eigenvalue weighted by Gasteiger charge is -2.19. The van der Waals surface area contributed by atoms with E-state index in [0.717, 1.165) is 44.8 Å². The minimum Gasteiger partial charge on any atom is -0.487 e. The van der Waals surface area contributed by atoms with Crippen LogP contribution in [0, 0.1) is 13.8 Å². The smallest absolute Gasteiger partial charge is 0.320 e. The summed E-state index contributed by atoms with van der Waals surface area (Å²) >= 11 is 13.7. The summed E-state index contributed by atoms with van der Waals surface area (Å²) in [5.74, 6) is -0.625. The van der Waals surface area contributed by atoms with E-state index in [1.165, 1.54) is 0 Å². The van der Waals surface area contributed by atoms with Crippen molar-refractivity contribution in [2.45, 2.75) is 78.3 Å². The number of aromatic nitrogens is 6. The average Bonchev–Trinajstić information content (AvgIpc) is 3.99. The summed E-state index contributed by atoms with van der Waals surface area (Å²) in [5, 5.41) is 44.9. The molecule has 8 aromatic rings. The number of rotatable bonds is 25. The number of aliphatic hydroxyl groups is 2. The Morgan fingerprint density at radius 3 is 1.40 bits per heavy atom. The highest BCUT2D eigenvalue weighted by atomic mass is 35.5. The molecule has 6 N–H and O–H groups in total. The van der Waals surface area contributed by atoms with Crippen molar-refractivity contribution in [1.29, 1.82) is 0 Å². The number of carbonyl (C=O) groups is 2. The van der Waals surface area contributed by atoms with E-state index in [1.807, 2.05) is 59.0 Å². The zero-order chi connectivity index (χ0) is 50.7. The van der Waals surface area contributed by atoms with Gasteiger partial charge >= 0.3 is 11.9 Å². The lowest BCUT2D eigenvalue weighted by molar-refractivity contribution is -0.140. The van der Waals surface area contributed by atoms with Gasteiger partial charge < -0.3 is 50.0 Å². The molecule has 0 bridgehead atoms. The molecule has 0 saturated heterocycles. The largest absolute Gasteiger partial charge is 0.487 e. The molecule has 8 rings (SSSR count). The number of fused-ring (bicyclic) bond motifs is 2. The normalized spacial score (nSPS) is 12.2. The topological polar surface area (TPSA) is 236 Å². The van der Waals surface area contributed by atoms with Crippen LogP contribution >= 0.6 is 23.2 Å². The van der Waals surface area contributed by atoms with Gasteiger partial charge in [0.2, 0.25) is 0 Å². The molecule has 0 amide bonds. The van der Waals surface area contributed by atoms with Crippen LogP contribution in [0.15, 0.2) is 110 Å². The number of hydrogen-bond acceptors (Lipinski definition) is 14. The van der Waals surface area contributed by atoms with Gasteiger partial charge in [0.25, 0.3) is 0 Å². The van der Waals surface area contributed by atoms with Crippen molar-refractivity contribution >= 4 is 46.4 Å². The number of ether oxygens (including phenoxy) is 4. The lowest BCUT2D eigenvalue weighted by Crippen LogP contribution is -2.37. The Morgan fingerprint density at radius 2 is 1.00 bits per heavy atom. The second-order valence-corrected chi connectivity index (χ2v) is 17.6. The standard InChI is InChI=1S/C52H52Cl2N8O10/c1-31-33(27-69-47-19-45(71-29-37-23-59-49-25-55-11-13-61(37)49)35(17-41(47)53)21-57-43(9-15-63)51(65)66)5-3-7-39(31)40-8-4-6-34(32(40)2)28-70-48-20-46(72-30-38-24-60-50-26-56-12-14-62(38)50)36(18-42(48)54)22-58-44(10-16-64)52(67)68/h3-8,11-14,17-20,23-26,43-44,57-58,63-64H,9-10,15-16,21-22,27-30H2,1-2H3,(H,65,66)(H,67,68). The summed E-state index contributed by atoms with van der Waals surface area (Å²) in [4.78, 5) is 40.8. The van der Waals surface area contributed by atoms with Crippen molar-refractivity contribution in [1.82, 2.24) is 39.4 Å². The first-order valence-electron chi connectivity index (χ1n) is 22.9. The first-order chi connectivity index (χ1) is 34.9. The van der Waals surface area contributed by atoms with Gasteiger partial charge in [0.05, 0.1) is 46.2 Å². The van der Waals surface area contributed by atoms with Gasteiger partial charge in [-0.05, 0) is 72.2 Å². The quantitative estimate of drug-likeness (QED) is 0.0325. The zero-order valence-corrected chi connectivity index (χ0v) is 40.8. The molecule has 0 aliphatic heterocycles. The molecule has 0 radical (unpaired) electrons. The minimum atomic E-state index is -1.09. The van der Waals surface area contributed by atoms with Crippen LogP contribution in [0.5, 0.6) is 23.0 Å². The molecule has 0 spiro atoms. The predicted molar refractivity (Wildman–Crippen MR) is 267 cm³/mol. The molecule has 0 aliphatic rings. The number of imidazole rings is 2.